The van der Waals surface area contributed by atoms with Crippen molar-refractivity contribution >= 4 is 51.2 Å². The zero-order chi connectivity index (χ0) is 23.6. The van der Waals surface area contributed by atoms with Crippen molar-refractivity contribution in [2.24, 2.45) is 5.10 Å². The number of benzene rings is 3. The first-order valence-electron chi connectivity index (χ1n) is 10.2. The Kier molecular flexibility index (Phi) is 9.04. The third-order valence-electron chi connectivity index (χ3n) is 4.58. The summed E-state index contributed by atoms with van der Waals surface area (Å²) in [5, 5.41) is 7.40. The largest absolute Gasteiger partial charge is 0.488 e. The quantitative estimate of drug-likeness (QED) is 0.270. The second kappa shape index (κ2) is 12.2. The lowest BCUT2D eigenvalue weighted by Gasteiger charge is -2.09. The Labute approximate surface area is 206 Å². The van der Waals surface area contributed by atoms with Crippen LogP contribution in [0, 0.1) is 6.92 Å². The van der Waals surface area contributed by atoms with E-state index in [2.05, 4.69) is 31.8 Å². The van der Waals surface area contributed by atoms with Crippen LogP contribution < -0.4 is 15.5 Å². The fourth-order valence-electron chi connectivity index (χ4n) is 2.78. The van der Waals surface area contributed by atoms with Gasteiger partial charge in [0.25, 0.3) is 0 Å². The molecule has 3 rings (SSSR count). The van der Waals surface area contributed by atoms with Gasteiger partial charge in [-0.3, -0.25) is 9.59 Å². The van der Waals surface area contributed by atoms with Crippen molar-refractivity contribution < 1.29 is 14.3 Å². The number of amides is 2. The summed E-state index contributed by atoms with van der Waals surface area (Å²) in [4.78, 5) is 23.9. The van der Waals surface area contributed by atoms with Crippen molar-refractivity contribution in [3.05, 3.63) is 92.9 Å². The highest BCUT2D eigenvalue weighted by Gasteiger charge is 2.07. The number of hydrogen-bond donors (Lipinski definition) is 2. The van der Waals surface area contributed by atoms with Gasteiger partial charge in [-0.05, 0) is 76.4 Å². The van der Waals surface area contributed by atoms with Crippen LogP contribution in [0.15, 0.2) is 76.3 Å². The molecular formula is C25H23BrClN3O3. The van der Waals surface area contributed by atoms with Gasteiger partial charge in [0.2, 0.25) is 11.8 Å². The summed E-state index contributed by atoms with van der Waals surface area (Å²) in [6, 6.07) is 20.4. The van der Waals surface area contributed by atoms with E-state index in [9.17, 15) is 9.59 Å². The first-order valence-corrected chi connectivity index (χ1v) is 11.4. The second-order valence-electron chi connectivity index (χ2n) is 7.31. The summed E-state index contributed by atoms with van der Waals surface area (Å²) in [7, 11) is 0. The van der Waals surface area contributed by atoms with Crippen LogP contribution in [0.25, 0.3) is 0 Å². The maximum Gasteiger partial charge on any atom is 0.240 e. The van der Waals surface area contributed by atoms with E-state index in [4.69, 9.17) is 16.3 Å². The van der Waals surface area contributed by atoms with Crippen LogP contribution in [0.2, 0.25) is 5.02 Å². The molecule has 0 unspecified atom stereocenters. The Bertz CT molecular complexity index is 1130. The van der Waals surface area contributed by atoms with Gasteiger partial charge in [-0.15, -0.1) is 0 Å². The molecule has 0 heterocycles. The van der Waals surface area contributed by atoms with Crippen LogP contribution in [-0.2, 0) is 16.2 Å². The SMILES string of the molecule is Cc1ccc(NC(=O)CCC(=O)NN=Cc2ccc(OCc3ccc(Cl)cc3)c(Br)c2)cc1. The molecule has 0 saturated carbocycles. The van der Waals surface area contributed by atoms with E-state index >= 15 is 0 Å². The molecule has 0 aliphatic heterocycles. The molecule has 6 nitrogen and oxygen atoms in total. The first-order chi connectivity index (χ1) is 15.9. The molecule has 0 atom stereocenters. The van der Waals surface area contributed by atoms with Crippen LogP contribution in [0.3, 0.4) is 0 Å². The Hall–Kier alpha value is -3.16. The van der Waals surface area contributed by atoms with Gasteiger partial charge < -0.3 is 10.1 Å². The number of anilines is 1. The molecule has 0 saturated heterocycles. The molecule has 170 valence electrons. The number of nitrogens with one attached hydrogen (secondary N) is 2. The predicted octanol–water partition coefficient (Wildman–Crippen LogP) is 5.86. The van der Waals surface area contributed by atoms with Crippen LogP contribution in [0.5, 0.6) is 5.75 Å². The minimum Gasteiger partial charge on any atom is -0.488 e. The maximum atomic E-state index is 12.0. The molecule has 33 heavy (non-hydrogen) atoms. The molecule has 2 N–H and O–H groups in total. The summed E-state index contributed by atoms with van der Waals surface area (Å²) < 4.78 is 6.58. The molecule has 0 fully saturated rings. The van der Waals surface area contributed by atoms with Crippen molar-refractivity contribution in [3.8, 4) is 5.75 Å². The molecule has 3 aromatic rings. The van der Waals surface area contributed by atoms with Gasteiger partial charge in [-0.25, -0.2) is 5.43 Å². The van der Waals surface area contributed by atoms with Gasteiger partial charge in [-0.1, -0.05) is 41.4 Å². The molecule has 0 radical (unpaired) electrons. The van der Waals surface area contributed by atoms with Crippen molar-refractivity contribution in [2.45, 2.75) is 26.4 Å². The summed E-state index contributed by atoms with van der Waals surface area (Å²) in [6.45, 7) is 2.39. The fraction of sp³-hybridized carbons (Fsp3) is 0.160. The van der Waals surface area contributed by atoms with Crippen LogP contribution in [0.1, 0.15) is 29.5 Å². The van der Waals surface area contributed by atoms with E-state index < -0.39 is 0 Å². The number of ether oxygens (including phenoxy) is 1. The van der Waals surface area contributed by atoms with Gasteiger partial charge in [-0.2, -0.15) is 5.10 Å². The molecule has 0 aliphatic rings. The number of halogens is 2. The number of hydrogen-bond acceptors (Lipinski definition) is 4. The minimum absolute atomic E-state index is 0.0379. The number of hydrazone groups is 1. The van der Waals surface area contributed by atoms with Crippen LogP contribution >= 0.6 is 27.5 Å². The summed E-state index contributed by atoms with van der Waals surface area (Å²) >= 11 is 9.38. The number of rotatable bonds is 9. The monoisotopic (exact) mass is 527 g/mol. The normalized spacial score (nSPS) is 10.8. The number of nitrogens with zero attached hydrogens (tertiary/aromatic N) is 1. The van der Waals surface area contributed by atoms with Gasteiger partial charge in [0.05, 0.1) is 10.7 Å². The van der Waals surface area contributed by atoms with Crippen LogP contribution in [0.4, 0.5) is 5.69 Å². The van der Waals surface area contributed by atoms with Crippen molar-refractivity contribution in [1.29, 1.82) is 0 Å². The third-order valence-corrected chi connectivity index (χ3v) is 5.45. The smallest absolute Gasteiger partial charge is 0.240 e. The summed E-state index contributed by atoms with van der Waals surface area (Å²) in [6.07, 6.45) is 1.63. The summed E-state index contributed by atoms with van der Waals surface area (Å²) in [5.74, 6) is 0.120. The van der Waals surface area contributed by atoms with E-state index in [1.165, 1.54) is 6.21 Å². The van der Waals surface area contributed by atoms with Crippen molar-refractivity contribution in [2.75, 3.05) is 5.32 Å². The Balaban J connectivity index is 1.42. The maximum absolute atomic E-state index is 12.0. The summed E-state index contributed by atoms with van der Waals surface area (Å²) in [5.41, 5.74) is 6.03. The third kappa shape index (κ3) is 8.36. The molecule has 3 aromatic carbocycles. The van der Waals surface area contributed by atoms with E-state index in [0.29, 0.717) is 23.1 Å². The zero-order valence-electron chi connectivity index (χ0n) is 18.0. The Morgan fingerprint density at radius 3 is 2.39 bits per heavy atom. The number of carbonyl (C=O) groups excluding carboxylic acids is 2. The molecule has 0 bridgehead atoms. The topological polar surface area (TPSA) is 79.8 Å². The highest BCUT2D eigenvalue weighted by atomic mass is 79.9. The average Bonchev–Trinajstić information content (AvgIpc) is 2.80. The van der Waals surface area contributed by atoms with E-state index in [-0.39, 0.29) is 24.7 Å². The lowest BCUT2D eigenvalue weighted by Crippen LogP contribution is -2.20. The van der Waals surface area contributed by atoms with Gasteiger partial charge in [0.1, 0.15) is 12.4 Å². The molecule has 0 aliphatic carbocycles. The average molecular weight is 529 g/mol. The predicted molar refractivity (Wildman–Crippen MR) is 135 cm³/mol. The zero-order valence-corrected chi connectivity index (χ0v) is 20.3. The van der Waals surface area contributed by atoms with Crippen LogP contribution in [-0.4, -0.2) is 18.0 Å². The highest BCUT2D eigenvalue weighted by Crippen LogP contribution is 2.26. The van der Waals surface area contributed by atoms with E-state index in [1.54, 1.807) is 0 Å². The van der Waals surface area contributed by atoms with Gasteiger partial charge in [0, 0.05) is 23.6 Å². The lowest BCUT2D eigenvalue weighted by molar-refractivity contribution is -0.124. The standard InChI is InChI=1S/C25H23BrClN3O3/c1-17-2-9-21(10-3-17)29-24(31)12-13-25(32)30-28-15-19-6-11-23(22(26)14-19)33-16-18-4-7-20(27)8-5-18/h2-11,14-15H,12-13,16H2,1H3,(H,29,31)(H,30,32). The molecule has 2 amide bonds. The first kappa shape index (κ1) is 24.5. The Morgan fingerprint density at radius 2 is 1.70 bits per heavy atom. The molecule has 0 spiro atoms. The van der Waals surface area contributed by atoms with E-state index in [1.807, 2.05) is 73.7 Å². The van der Waals surface area contributed by atoms with Gasteiger partial charge in [0.15, 0.2) is 0 Å². The van der Waals surface area contributed by atoms with Gasteiger partial charge >= 0.3 is 0 Å². The van der Waals surface area contributed by atoms with E-state index in [0.717, 1.165) is 21.2 Å². The highest BCUT2D eigenvalue weighted by molar-refractivity contribution is 9.10. The number of carbonyl (C=O) groups is 2. The number of aryl methyl sites for hydroxylation is 1. The molecule has 0 aromatic heterocycles. The Morgan fingerprint density at radius 1 is 1.00 bits per heavy atom. The minimum atomic E-state index is -0.340. The molecule has 8 heteroatoms. The van der Waals surface area contributed by atoms with Crippen molar-refractivity contribution in [1.82, 2.24) is 5.43 Å². The molecular weight excluding hydrogens is 506 g/mol. The fourth-order valence-corrected chi connectivity index (χ4v) is 3.42. The van der Waals surface area contributed by atoms with Crippen molar-refractivity contribution in [3.63, 3.8) is 0 Å². The lowest BCUT2D eigenvalue weighted by atomic mass is 10.2. The second-order valence-corrected chi connectivity index (χ2v) is 8.60.